The van der Waals surface area contributed by atoms with Gasteiger partial charge in [-0.15, -0.1) is 0 Å². The lowest BCUT2D eigenvalue weighted by molar-refractivity contribution is -0.129. The van der Waals surface area contributed by atoms with Gasteiger partial charge in [0, 0.05) is 0 Å². The maximum absolute atomic E-state index is 12.1. The molecule has 0 radical (unpaired) electrons. The minimum absolute atomic E-state index is 0.294. The molecule has 0 aliphatic heterocycles. The topological polar surface area (TPSA) is 105 Å². The van der Waals surface area contributed by atoms with Gasteiger partial charge in [0.2, 0.25) is 10.0 Å². The maximum Gasteiger partial charge on any atom is 0.276 e. The van der Waals surface area contributed by atoms with Gasteiger partial charge in [-0.05, 0) is 43.2 Å². The predicted octanol–water partition coefficient (Wildman–Crippen LogP) is 1.30. The number of para-hydroxylation sites is 1. The summed E-state index contributed by atoms with van der Waals surface area (Å²) in [6.45, 7) is 2.88. The Morgan fingerprint density at radius 3 is 2.32 bits per heavy atom. The van der Waals surface area contributed by atoms with Crippen molar-refractivity contribution in [1.29, 1.82) is 0 Å². The zero-order valence-electron chi connectivity index (χ0n) is 15.9. The molecule has 2 aromatic carbocycles. The van der Waals surface area contributed by atoms with E-state index in [0.717, 1.165) is 16.1 Å². The molecule has 0 unspecified atom stereocenters. The van der Waals surface area contributed by atoms with Crippen LogP contribution in [0.4, 0.5) is 5.69 Å². The zero-order valence-corrected chi connectivity index (χ0v) is 16.7. The largest absolute Gasteiger partial charge is 0.484 e. The molecule has 28 heavy (non-hydrogen) atoms. The first kappa shape index (κ1) is 21.2. The van der Waals surface area contributed by atoms with Crippen LogP contribution in [-0.2, 0) is 19.6 Å². The molecular formula is C19H23N3O5S. The van der Waals surface area contributed by atoms with Gasteiger partial charge in [0.25, 0.3) is 11.8 Å². The molecule has 2 rings (SSSR count). The number of benzene rings is 2. The molecule has 0 saturated heterocycles. The smallest absolute Gasteiger partial charge is 0.276 e. The van der Waals surface area contributed by atoms with Crippen LogP contribution < -0.4 is 19.9 Å². The van der Waals surface area contributed by atoms with Crippen molar-refractivity contribution in [3.05, 3.63) is 59.7 Å². The van der Waals surface area contributed by atoms with Gasteiger partial charge < -0.3 is 4.74 Å². The van der Waals surface area contributed by atoms with Gasteiger partial charge in [-0.25, -0.2) is 8.42 Å². The van der Waals surface area contributed by atoms with Crippen molar-refractivity contribution >= 4 is 27.5 Å². The number of aryl methyl sites for hydroxylation is 2. The minimum atomic E-state index is -3.69. The first-order chi connectivity index (χ1) is 13.2. The number of hydrazine groups is 1. The van der Waals surface area contributed by atoms with Gasteiger partial charge >= 0.3 is 0 Å². The fraction of sp³-hybridized carbons (Fsp3) is 0.263. The Morgan fingerprint density at radius 1 is 1.00 bits per heavy atom. The Labute approximate surface area is 164 Å². The van der Waals surface area contributed by atoms with Crippen LogP contribution in [0.15, 0.2) is 48.5 Å². The summed E-state index contributed by atoms with van der Waals surface area (Å²) in [4.78, 5) is 24.0. The van der Waals surface area contributed by atoms with E-state index < -0.39 is 28.4 Å². The van der Waals surface area contributed by atoms with E-state index >= 15 is 0 Å². The lowest BCUT2D eigenvalue weighted by atomic mass is 10.2. The lowest BCUT2D eigenvalue weighted by Crippen LogP contribution is -2.48. The molecule has 9 heteroatoms. The van der Waals surface area contributed by atoms with Gasteiger partial charge in [-0.3, -0.25) is 24.7 Å². The number of hydrogen-bond acceptors (Lipinski definition) is 5. The van der Waals surface area contributed by atoms with E-state index in [9.17, 15) is 18.0 Å². The highest BCUT2D eigenvalue weighted by atomic mass is 32.2. The number of sulfonamides is 1. The van der Waals surface area contributed by atoms with E-state index in [4.69, 9.17) is 4.74 Å². The Morgan fingerprint density at radius 2 is 1.68 bits per heavy atom. The molecule has 0 saturated carbocycles. The molecule has 150 valence electrons. The first-order valence-corrected chi connectivity index (χ1v) is 10.3. The van der Waals surface area contributed by atoms with E-state index in [1.165, 1.54) is 0 Å². The summed E-state index contributed by atoms with van der Waals surface area (Å²) < 4.78 is 30.5. The van der Waals surface area contributed by atoms with Crippen molar-refractivity contribution in [1.82, 2.24) is 10.9 Å². The molecule has 2 aromatic rings. The number of carbonyl (C=O) groups excluding carboxylic acids is 2. The van der Waals surface area contributed by atoms with Crippen LogP contribution in [0.1, 0.15) is 11.1 Å². The predicted molar refractivity (Wildman–Crippen MR) is 106 cm³/mol. The first-order valence-electron chi connectivity index (χ1n) is 8.47. The summed E-state index contributed by atoms with van der Waals surface area (Å²) in [6, 6.07) is 14.0. The average molecular weight is 405 g/mol. The quantitative estimate of drug-likeness (QED) is 0.676. The zero-order chi connectivity index (χ0) is 20.7. The molecule has 8 nitrogen and oxygen atoms in total. The SMILES string of the molecule is Cc1cccc(OCC(=O)NNC(=O)CN(c2ccccc2C)S(C)(=O)=O)c1. The van der Waals surface area contributed by atoms with Crippen molar-refractivity contribution < 1.29 is 22.7 Å². The lowest BCUT2D eigenvalue weighted by Gasteiger charge is -2.23. The molecule has 0 spiro atoms. The molecule has 0 aromatic heterocycles. The molecule has 0 atom stereocenters. The molecule has 0 aliphatic rings. The Bertz CT molecular complexity index is 960. The second kappa shape index (κ2) is 9.23. The van der Waals surface area contributed by atoms with Crippen LogP contribution in [0.3, 0.4) is 0 Å². The van der Waals surface area contributed by atoms with Crippen LogP contribution >= 0.6 is 0 Å². The monoisotopic (exact) mass is 405 g/mol. The van der Waals surface area contributed by atoms with E-state index in [0.29, 0.717) is 17.0 Å². The number of nitrogens with zero attached hydrogens (tertiary/aromatic N) is 1. The molecule has 0 heterocycles. The van der Waals surface area contributed by atoms with Crippen LogP contribution in [0, 0.1) is 13.8 Å². The highest BCUT2D eigenvalue weighted by Gasteiger charge is 2.22. The van der Waals surface area contributed by atoms with Gasteiger partial charge in [0.1, 0.15) is 12.3 Å². The van der Waals surface area contributed by atoms with Gasteiger partial charge in [-0.2, -0.15) is 0 Å². The van der Waals surface area contributed by atoms with Crippen molar-refractivity contribution in [3.63, 3.8) is 0 Å². The van der Waals surface area contributed by atoms with Gasteiger partial charge in [0.05, 0.1) is 11.9 Å². The third kappa shape index (κ3) is 6.27. The second-order valence-electron chi connectivity index (χ2n) is 6.26. The van der Waals surface area contributed by atoms with E-state index in [1.807, 2.05) is 13.0 Å². The molecule has 2 amide bonds. The highest BCUT2D eigenvalue weighted by molar-refractivity contribution is 7.92. The number of anilines is 1. The minimum Gasteiger partial charge on any atom is -0.484 e. The maximum atomic E-state index is 12.1. The molecule has 2 N–H and O–H groups in total. The third-order valence-corrected chi connectivity index (χ3v) is 4.90. The average Bonchev–Trinajstić information content (AvgIpc) is 2.62. The standard InChI is InChI=1S/C19H23N3O5S/c1-14-7-6-9-16(11-14)27-13-19(24)21-20-18(23)12-22(28(3,25)26)17-10-5-4-8-15(17)2/h4-11H,12-13H2,1-3H3,(H,20,23)(H,21,24). The number of nitrogens with one attached hydrogen (secondary N) is 2. The normalized spacial score (nSPS) is 10.8. The van der Waals surface area contributed by atoms with Crippen LogP contribution in [-0.4, -0.2) is 39.6 Å². The van der Waals surface area contributed by atoms with Crippen molar-refractivity contribution in [3.8, 4) is 5.75 Å². The number of hydrogen-bond donors (Lipinski definition) is 2. The number of ether oxygens (including phenoxy) is 1. The molecule has 0 aliphatic carbocycles. The van der Waals surface area contributed by atoms with Crippen LogP contribution in [0.2, 0.25) is 0 Å². The van der Waals surface area contributed by atoms with Gasteiger partial charge in [0.15, 0.2) is 6.61 Å². The summed E-state index contributed by atoms with van der Waals surface area (Å²) >= 11 is 0. The van der Waals surface area contributed by atoms with Crippen LogP contribution in [0.5, 0.6) is 5.75 Å². The summed E-state index contributed by atoms with van der Waals surface area (Å²) in [5.74, 6) is -0.724. The Hall–Kier alpha value is -3.07. The molecule has 0 bridgehead atoms. The summed E-state index contributed by atoms with van der Waals surface area (Å²) in [6.07, 6.45) is 1.01. The molecule has 0 fully saturated rings. The Kier molecular flexibility index (Phi) is 7.00. The van der Waals surface area contributed by atoms with E-state index in [1.54, 1.807) is 49.4 Å². The van der Waals surface area contributed by atoms with Gasteiger partial charge in [-0.1, -0.05) is 30.3 Å². The van der Waals surface area contributed by atoms with Crippen molar-refractivity contribution in [2.24, 2.45) is 0 Å². The van der Waals surface area contributed by atoms with E-state index in [2.05, 4.69) is 10.9 Å². The fourth-order valence-electron chi connectivity index (χ4n) is 2.42. The Balaban J connectivity index is 1.90. The van der Waals surface area contributed by atoms with Crippen molar-refractivity contribution in [2.45, 2.75) is 13.8 Å². The van der Waals surface area contributed by atoms with Crippen molar-refractivity contribution in [2.75, 3.05) is 23.7 Å². The number of rotatable bonds is 7. The van der Waals surface area contributed by atoms with E-state index in [-0.39, 0.29) is 6.61 Å². The summed E-state index contributed by atoms with van der Waals surface area (Å²) in [5.41, 5.74) is 6.49. The summed E-state index contributed by atoms with van der Waals surface area (Å²) in [7, 11) is -3.69. The number of carbonyl (C=O) groups is 2. The highest BCUT2D eigenvalue weighted by Crippen LogP contribution is 2.21. The fourth-order valence-corrected chi connectivity index (χ4v) is 3.34. The number of amides is 2. The van der Waals surface area contributed by atoms with Crippen LogP contribution in [0.25, 0.3) is 0 Å². The third-order valence-electron chi connectivity index (χ3n) is 3.77. The summed E-state index contributed by atoms with van der Waals surface area (Å²) in [5, 5.41) is 0. The molecular weight excluding hydrogens is 382 g/mol. The second-order valence-corrected chi connectivity index (χ2v) is 8.16.